The van der Waals surface area contributed by atoms with Gasteiger partial charge < -0.3 is 15.0 Å². The number of hydrogen-bond acceptors (Lipinski definition) is 4. The maximum atomic E-state index is 12.8. The average Bonchev–Trinajstić information content (AvgIpc) is 3.06. The predicted octanol–water partition coefficient (Wildman–Crippen LogP) is 1.11. The zero-order valence-electron chi connectivity index (χ0n) is 14.5. The highest BCUT2D eigenvalue weighted by Gasteiger charge is 2.37. The Morgan fingerprint density at radius 1 is 1.24 bits per heavy atom. The van der Waals surface area contributed by atoms with Gasteiger partial charge in [0.05, 0.1) is 18.8 Å². The normalized spacial score (nSPS) is 24.5. The Bertz CT molecular complexity index is 634. The van der Waals surface area contributed by atoms with Crippen LogP contribution in [0.3, 0.4) is 0 Å². The fraction of sp³-hybridized carbons (Fsp3) is 0.722. The molecule has 3 aliphatic rings. The number of fused-ring (bicyclic) bond motifs is 1. The Kier molecular flexibility index (Phi) is 4.74. The summed E-state index contributed by atoms with van der Waals surface area (Å²) in [6.07, 6.45) is 6.79. The SMILES string of the molecule is O=C(NCC1CCOCC1)[C@@H]1CN(C(=O)C2CCC2)Cc2ccnn21. The molecule has 0 spiro atoms. The van der Waals surface area contributed by atoms with Crippen molar-refractivity contribution < 1.29 is 14.3 Å². The summed E-state index contributed by atoms with van der Waals surface area (Å²) in [5.41, 5.74) is 0.935. The molecule has 7 heteroatoms. The van der Waals surface area contributed by atoms with E-state index in [0.29, 0.717) is 25.6 Å². The second-order valence-corrected chi connectivity index (χ2v) is 7.43. The minimum Gasteiger partial charge on any atom is -0.381 e. The van der Waals surface area contributed by atoms with Gasteiger partial charge in [-0.1, -0.05) is 6.42 Å². The molecule has 1 aromatic heterocycles. The Hall–Kier alpha value is -1.89. The minimum absolute atomic E-state index is 0.0393. The number of nitrogens with one attached hydrogen (secondary N) is 1. The number of amides is 2. The van der Waals surface area contributed by atoms with E-state index in [2.05, 4.69) is 10.4 Å². The van der Waals surface area contributed by atoms with E-state index in [1.807, 2.05) is 11.0 Å². The fourth-order valence-electron chi connectivity index (χ4n) is 3.88. The van der Waals surface area contributed by atoms with Crippen LogP contribution in [0.1, 0.15) is 43.8 Å². The molecule has 0 aromatic carbocycles. The first kappa shape index (κ1) is 16.6. The van der Waals surface area contributed by atoms with E-state index in [1.165, 1.54) is 0 Å². The summed E-state index contributed by atoms with van der Waals surface area (Å²) in [6.45, 7) is 3.20. The van der Waals surface area contributed by atoms with Crippen LogP contribution < -0.4 is 5.32 Å². The van der Waals surface area contributed by atoms with Gasteiger partial charge in [-0.25, -0.2) is 0 Å². The summed E-state index contributed by atoms with van der Waals surface area (Å²) >= 11 is 0. The van der Waals surface area contributed by atoms with Crippen LogP contribution in [0.4, 0.5) is 0 Å². The van der Waals surface area contributed by atoms with Crippen LogP contribution >= 0.6 is 0 Å². The molecule has 1 aliphatic carbocycles. The molecule has 1 saturated heterocycles. The highest BCUT2D eigenvalue weighted by molar-refractivity contribution is 5.83. The van der Waals surface area contributed by atoms with E-state index in [0.717, 1.165) is 51.0 Å². The van der Waals surface area contributed by atoms with E-state index in [4.69, 9.17) is 4.74 Å². The van der Waals surface area contributed by atoms with Gasteiger partial charge in [-0.15, -0.1) is 0 Å². The molecule has 1 aromatic rings. The molecule has 2 aliphatic heterocycles. The molecule has 2 amide bonds. The molecule has 0 bridgehead atoms. The monoisotopic (exact) mass is 346 g/mol. The molecule has 1 saturated carbocycles. The quantitative estimate of drug-likeness (QED) is 0.886. The zero-order chi connectivity index (χ0) is 17.2. The molecule has 7 nitrogen and oxygen atoms in total. The zero-order valence-corrected chi connectivity index (χ0v) is 14.5. The summed E-state index contributed by atoms with van der Waals surface area (Å²) < 4.78 is 7.15. The molecule has 136 valence electrons. The topological polar surface area (TPSA) is 76.5 Å². The smallest absolute Gasteiger partial charge is 0.246 e. The maximum Gasteiger partial charge on any atom is 0.246 e. The van der Waals surface area contributed by atoms with Crippen LogP contribution in [-0.4, -0.2) is 52.8 Å². The predicted molar refractivity (Wildman–Crippen MR) is 90.6 cm³/mol. The van der Waals surface area contributed by atoms with Gasteiger partial charge in [-0.3, -0.25) is 14.3 Å². The molecule has 3 heterocycles. The average molecular weight is 346 g/mol. The van der Waals surface area contributed by atoms with Crippen molar-refractivity contribution in [3.63, 3.8) is 0 Å². The highest BCUT2D eigenvalue weighted by Crippen LogP contribution is 2.31. The minimum atomic E-state index is -0.428. The summed E-state index contributed by atoms with van der Waals surface area (Å²) in [7, 11) is 0. The van der Waals surface area contributed by atoms with E-state index in [1.54, 1.807) is 10.9 Å². The Balaban J connectivity index is 1.42. The molecule has 1 atom stereocenters. The number of aromatic nitrogens is 2. The van der Waals surface area contributed by atoms with Gasteiger partial charge in [0.2, 0.25) is 11.8 Å². The third-order valence-electron chi connectivity index (χ3n) is 5.77. The van der Waals surface area contributed by atoms with Gasteiger partial charge in [0.15, 0.2) is 0 Å². The van der Waals surface area contributed by atoms with Crippen LogP contribution in [0.15, 0.2) is 12.3 Å². The standard InChI is InChI=1S/C18H26N4O3/c23-17(19-10-13-5-8-25-9-6-13)16-12-21(18(24)14-2-1-3-14)11-15-4-7-20-22(15)16/h4,7,13-14,16H,1-3,5-6,8-12H2,(H,19,23)/t16-/m0/s1. The molecule has 25 heavy (non-hydrogen) atoms. The fourth-order valence-corrected chi connectivity index (χ4v) is 3.88. The highest BCUT2D eigenvalue weighted by atomic mass is 16.5. The van der Waals surface area contributed by atoms with Crippen LogP contribution in [-0.2, 0) is 20.9 Å². The van der Waals surface area contributed by atoms with Crippen molar-refractivity contribution in [3.8, 4) is 0 Å². The van der Waals surface area contributed by atoms with Crippen molar-refractivity contribution in [1.82, 2.24) is 20.0 Å². The summed E-state index contributed by atoms with van der Waals surface area (Å²) in [5, 5.41) is 7.40. The lowest BCUT2D eigenvalue weighted by molar-refractivity contribution is -0.141. The van der Waals surface area contributed by atoms with Gasteiger partial charge in [-0.05, 0) is 37.7 Å². The summed E-state index contributed by atoms with van der Waals surface area (Å²) in [6, 6.07) is 1.47. The van der Waals surface area contributed by atoms with Crippen molar-refractivity contribution in [1.29, 1.82) is 0 Å². The third kappa shape index (κ3) is 3.42. The van der Waals surface area contributed by atoms with Crippen molar-refractivity contribution in [2.45, 2.75) is 44.7 Å². The molecule has 0 unspecified atom stereocenters. The lowest BCUT2D eigenvalue weighted by Gasteiger charge is -2.37. The molecular weight excluding hydrogens is 320 g/mol. The van der Waals surface area contributed by atoms with Crippen molar-refractivity contribution in [2.24, 2.45) is 11.8 Å². The number of carbonyl (C=O) groups excluding carboxylic acids is 2. The van der Waals surface area contributed by atoms with Crippen LogP contribution in [0, 0.1) is 11.8 Å². The molecule has 4 rings (SSSR count). The number of ether oxygens (including phenoxy) is 1. The number of rotatable bonds is 4. The summed E-state index contributed by atoms with van der Waals surface area (Å²) in [4.78, 5) is 27.3. The lowest BCUT2D eigenvalue weighted by Crippen LogP contribution is -2.49. The molecule has 0 radical (unpaired) electrons. The van der Waals surface area contributed by atoms with Gasteiger partial charge in [-0.2, -0.15) is 5.10 Å². The Morgan fingerprint density at radius 2 is 2.04 bits per heavy atom. The van der Waals surface area contributed by atoms with Crippen molar-refractivity contribution in [2.75, 3.05) is 26.3 Å². The number of hydrogen-bond donors (Lipinski definition) is 1. The maximum absolute atomic E-state index is 12.8. The largest absolute Gasteiger partial charge is 0.381 e. The second kappa shape index (κ2) is 7.15. The first-order valence-corrected chi connectivity index (χ1v) is 9.39. The van der Waals surface area contributed by atoms with Gasteiger partial charge >= 0.3 is 0 Å². The van der Waals surface area contributed by atoms with E-state index >= 15 is 0 Å². The number of nitrogens with zero attached hydrogens (tertiary/aromatic N) is 3. The summed E-state index contributed by atoms with van der Waals surface area (Å²) in [5.74, 6) is 0.787. The van der Waals surface area contributed by atoms with Crippen LogP contribution in [0.2, 0.25) is 0 Å². The Morgan fingerprint density at radius 3 is 2.76 bits per heavy atom. The lowest BCUT2D eigenvalue weighted by atomic mass is 9.84. The first-order chi connectivity index (χ1) is 12.2. The van der Waals surface area contributed by atoms with E-state index in [9.17, 15) is 9.59 Å². The van der Waals surface area contributed by atoms with Gasteiger partial charge in [0.1, 0.15) is 6.04 Å². The molecular formula is C18H26N4O3. The number of carbonyl (C=O) groups is 2. The van der Waals surface area contributed by atoms with E-state index < -0.39 is 6.04 Å². The molecule has 1 N–H and O–H groups in total. The van der Waals surface area contributed by atoms with Gasteiger partial charge in [0, 0.05) is 31.9 Å². The third-order valence-corrected chi connectivity index (χ3v) is 5.77. The van der Waals surface area contributed by atoms with Crippen molar-refractivity contribution >= 4 is 11.8 Å². The van der Waals surface area contributed by atoms with Crippen molar-refractivity contribution in [3.05, 3.63) is 18.0 Å². The Labute approximate surface area is 147 Å². The van der Waals surface area contributed by atoms with E-state index in [-0.39, 0.29) is 17.7 Å². The first-order valence-electron chi connectivity index (χ1n) is 9.39. The van der Waals surface area contributed by atoms with Crippen LogP contribution in [0.5, 0.6) is 0 Å². The second-order valence-electron chi connectivity index (χ2n) is 7.43. The van der Waals surface area contributed by atoms with Gasteiger partial charge in [0.25, 0.3) is 0 Å². The molecule has 2 fully saturated rings. The van der Waals surface area contributed by atoms with Crippen LogP contribution in [0.25, 0.3) is 0 Å².